The number of benzene rings is 3. The van der Waals surface area contributed by atoms with Crippen LogP contribution in [-0.2, 0) is 0 Å². The molecule has 0 radical (unpaired) electrons. The second-order valence-electron chi connectivity index (χ2n) is 5.86. The third kappa shape index (κ3) is 2.87. The minimum atomic E-state index is 1.24. The molecule has 0 bridgehead atoms. The molecule has 4 rings (SSSR count). The van der Waals surface area contributed by atoms with Crippen LogP contribution in [0.2, 0.25) is 0 Å². The molecular weight excluding hydrogens is 288 g/mol. The summed E-state index contributed by atoms with van der Waals surface area (Å²) in [6.07, 6.45) is 6.71. The topological polar surface area (TPSA) is 0 Å². The fraction of sp³-hybridized carbons (Fsp3) is 0. The zero-order valence-electron chi connectivity index (χ0n) is 13.4. The first-order valence-electron chi connectivity index (χ1n) is 8.22. The van der Waals surface area contributed by atoms with Gasteiger partial charge in [0.2, 0.25) is 0 Å². The second kappa shape index (κ2) is 6.55. The smallest absolute Gasteiger partial charge is 0.00386 e. The summed E-state index contributed by atoms with van der Waals surface area (Å²) in [5, 5.41) is 0. The van der Waals surface area contributed by atoms with Gasteiger partial charge in [0.15, 0.2) is 0 Å². The molecule has 3 aromatic rings. The molecule has 1 aliphatic carbocycles. The maximum atomic E-state index is 2.28. The Hall–Kier alpha value is -3.12. The van der Waals surface area contributed by atoms with Crippen molar-refractivity contribution < 1.29 is 0 Å². The number of hydrogen-bond donors (Lipinski definition) is 0. The molecule has 0 aromatic heterocycles. The van der Waals surface area contributed by atoms with Gasteiger partial charge in [-0.15, -0.1) is 0 Å². The van der Waals surface area contributed by atoms with Crippen LogP contribution in [0.5, 0.6) is 0 Å². The third-order valence-electron chi connectivity index (χ3n) is 4.27. The standard InChI is InChI=1S/C24H18/c1-4-10-19(11-5-1)22-16-17-23(18-22)24(20-12-6-2-7-13-20)21-14-8-3-9-15-21/h1-18H. The summed E-state index contributed by atoms with van der Waals surface area (Å²) < 4.78 is 0. The highest BCUT2D eigenvalue weighted by molar-refractivity contribution is 5.92. The van der Waals surface area contributed by atoms with Crippen LogP contribution < -0.4 is 0 Å². The van der Waals surface area contributed by atoms with E-state index < -0.39 is 0 Å². The first kappa shape index (κ1) is 14.5. The van der Waals surface area contributed by atoms with Crippen molar-refractivity contribution in [3.05, 3.63) is 131 Å². The van der Waals surface area contributed by atoms with E-state index in [4.69, 9.17) is 0 Å². The minimum absolute atomic E-state index is 1.24. The lowest BCUT2D eigenvalue weighted by atomic mass is 9.93. The molecule has 0 saturated heterocycles. The van der Waals surface area contributed by atoms with E-state index in [0.29, 0.717) is 0 Å². The normalized spacial score (nSPS) is 13.0. The molecule has 0 amide bonds. The highest BCUT2D eigenvalue weighted by atomic mass is 14.2. The quantitative estimate of drug-likeness (QED) is 0.545. The van der Waals surface area contributed by atoms with E-state index >= 15 is 0 Å². The first-order valence-corrected chi connectivity index (χ1v) is 8.22. The molecule has 0 saturated carbocycles. The van der Waals surface area contributed by atoms with Crippen LogP contribution in [0.25, 0.3) is 11.1 Å². The molecule has 0 unspecified atom stereocenters. The Morgan fingerprint density at radius 2 is 1.00 bits per heavy atom. The van der Waals surface area contributed by atoms with Gasteiger partial charge in [-0.05, 0) is 39.5 Å². The van der Waals surface area contributed by atoms with Gasteiger partial charge in [0.05, 0.1) is 0 Å². The SMILES string of the molecule is C1=CC(=C(c2ccccc2)c2ccccc2)C=C1c1ccccc1. The Kier molecular flexibility index (Phi) is 3.95. The van der Waals surface area contributed by atoms with Gasteiger partial charge in [-0.1, -0.05) is 103 Å². The zero-order chi connectivity index (χ0) is 16.2. The van der Waals surface area contributed by atoms with Gasteiger partial charge in [0.25, 0.3) is 0 Å². The third-order valence-corrected chi connectivity index (χ3v) is 4.27. The second-order valence-corrected chi connectivity index (χ2v) is 5.86. The summed E-state index contributed by atoms with van der Waals surface area (Å²) in [7, 11) is 0. The average molecular weight is 306 g/mol. The van der Waals surface area contributed by atoms with Crippen LogP contribution in [0.4, 0.5) is 0 Å². The van der Waals surface area contributed by atoms with E-state index in [-0.39, 0.29) is 0 Å². The van der Waals surface area contributed by atoms with E-state index in [0.717, 1.165) is 0 Å². The highest BCUT2D eigenvalue weighted by Gasteiger charge is 2.13. The van der Waals surface area contributed by atoms with Gasteiger partial charge < -0.3 is 0 Å². The molecule has 0 heterocycles. The van der Waals surface area contributed by atoms with Gasteiger partial charge in [-0.2, -0.15) is 0 Å². The van der Waals surface area contributed by atoms with Crippen molar-refractivity contribution in [3.8, 4) is 0 Å². The van der Waals surface area contributed by atoms with Crippen LogP contribution in [0, 0.1) is 0 Å². The molecular formula is C24H18. The maximum Gasteiger partial charge on any atom is -0.00386 e. The highest BCUT2D eigenvalue weighted by Crippen LogP contribution is 2.33. The van der Waals surface area contributed by atoms with Crippen molar-refractivity contribution in [1.29, 1.82) is 0 Å². The summed E-state index contributed by atoms with van der Waals surface area (Å²) in [5.74, 6) is 0. The largest absolute Gasteiger partial charge is 0.0622 e. The molecule has 114 valence electrons. The van der Waals surface area contributed by atoms with Crippen LogP contribution in [0.3, 0.4) is 0 Å². The van der Waals surface area contributed by atoms with Crippen molar-refractivity contribution in [2.24, 2.45) is 0 Å². The van der Waals surface area contributed by atoms with Gasteiger partial charge in [-0.25, -0.2) is 0 Å². The predicted octanol–water partition coefficient (Wildman–Crippen LogP) is 6.14. The zero-order valence-corrected chi connectivity index (χ0v) is 13.4. The lowest BCUT2D eigenvalue weighted by Gasteiger charge is -2.11. The van der Waals surface area contributed by atoms with Crippen LogP contribution in [0.15, 0.2) is 115 Å². The minimum Gasteiger partial charge on any atom is -0.0622 e. The molecule has 0 atom stereocenters. The molecule has 24 heavy (non-hydrogen) atoms. The molecule has 0 fully saturated rings. The van der Waals surface area contributed by atoms with Gasteiger partial charge in [-0.3, -0.25) is 0 Å². The van der Waals surface area contributed by atoms with Crippen molar-refractivity contribution in [1.82, 2.24) is 0 Å². The predicted molar refractivity (Wildman–Crippen MR) is 102 cm³/mol. The van der Waals surface area contributed by atoms with E-state index in [1.54, 1.807) is 0 Å². The maximum absolute atomic E-state index is 2.28. The Balaban J connectivity index is 1.87. The van der Waals surface area contributed by atoms with Crippen LogP contribution >= 0.6 is 0 Å². The van der Waals surface area contributed by atoms with Gasteiger partial charge in [0, 0.05) is 0 Å². The fourth-order valence-corrected chi connectivity index (χ4v) is 3.12. The first-order chi connectivity index (χ1) is 11.9. The molecule has 0 nitrogen and oxygen atoms in total. The van der Waals surface area contributed by atoms with Crippen molar-refractivity contribution in [2.75, 3.05) is 0 Å². The Morgan fingerprint density at radius 3 is 1.54 bits per heavy atom. The summed E-state index contributed by atoms with van der Waals surface area (Å²) in [6.45, 7) is 0. The summed E-state index contributed by atoms with van der Waals surface area (Å²) in [5.41, 5.74) is 7.53. The summed E-state index contributed by atoms with van der Waals surface area (Å²) >= 11 is 0. The molecule has 0 heteroatoms. The Morgan fingerprint density at radius 1 is 0.500 bits per heavy atom. The number of allylic oxidation sites excluding steroid dienone is 5. The molecule has 0 N–H and O–H groups in total. The monoisotopic (exact) mass is 306 g/mol. The van der Waals surface area contributed by atoms with Crippen molar-refractivity contribution >= 4 is 11.1 Å². The Labute approximate surface area is 143 Å². The molecule has 3 aromatic carbocycles. The van der Waals surface area contributed by atoms with Gasteiger partial charge in [0.1, 0.15) is 0 Å². The Bertz CT molecular complexity index is 870. The van der Waals surface area contributed by atoms with Crippen LogP contribution in [0.1, 0.15) is 16.7 Å². The van der Waals surface area contributed by atoms with Crippen molar-refractivity contribution in [2.45, 2.75) is 0 Å². The number of rotatable bonds is 3. The molecule has 0 aliphatic heterocycles. The lowest BCUT2D eigenvalue weighted by Crippen LogP contribution is -1.90. The van der Waals surface area contributed by atoms with Gasteiger partial charge >= 0.3 is 0 Å². The summed E-state index contributed by atoms with van der Waals surface area (Å²) in [4.78, 5) is 0. The van der Waals surface area contributed by atoms with E-state index in [1.807, 2.05) is 0 Å². The number of hydrogen-bond acceptors (Lipinski definition) is 0. The average Bonchev–Trinajstić information content (AvgIpc) is 3.14. The molecule has 1 aliphatic rings. The fourth-order valence-electron chi connectivity index (χ4n) is 3.12. The van der Waals surface area contributed by atoms with E-state index in [9.17, 15) is 0 Å². The molecule has 0 spiro atoms. The van der Waals surface area contributed by atoms with E-state index in [1.165, 1.54) is 33.4 Å². The van der Waals surface area contributed by atoms with Crippen molar-refractivity contribution in [3.63, 3.8) is 0 Å². The van der Waals surface area contributed by atoms with E-state index in [2.05, 4.69) is 109 Å². The lowest BCUT2D eigenvalue weighted by molar-refractivity contribution is 1.52. The van der Waals surface area contributed by atoms with Crippen LogP contribution in [-0.4, -0.2) is 0 Å². The summed E-state index contributed by atoms with van der Waals surface area (Å²) in [6, 6.07) is 31.8.